The van der Waals surface area contributed by atoms with Crippen molar-refractivity contribution >= 4 is 39.8 Å². The first-order valence-corrected chi connectivity index (χ1v) is 10.7. The summed E-state index contributed by atoms with van der Waals surface area (Å²) in [5, 5.41) is 15.3. The number of halogens is 1. The van der Waals surface area contributed by atoms with Gasteiger partial charge in [0.2, 0.25) is 0 Å². The van der Waals surface area contributed by atoms with E-state index < -0.39 is 11.5 Å². The Kier molecular flexibility index (Phi) is 6.07. The molecule has 0 atom stereocenters. The van der Waals surface area contributed by atoms with E-state index in [9.17, 15) is 14.7 Å². The third-order valence-electron chi connectivity index (χ3n) is 5.29. The van der Waals surface area contributed by atoms with E-state index >= 15 is 0 Å². The standard InChI is InChI=1S/C27H22ClNO4/c1-27(2,26(32)29-24-22-6-4-3-5-17(22)11-16-23(24)30)33-21-14-9-19(10-15-21)25(31)18-7-12-20(28)13-8-18/h3-16,30H,1-2H3,(H,29,32). The van der Waals surface area contributed by atoms with E-state index in [1.807, 2.05) is 24.3 Å². The number of ketones is 1. The second-order valence-electron chi connectivity index (χ2n) is 8.11. The fraction of sp³-hybridized carbons (Fsp3) is 0.111. The summed E-state index contributed by atoms with van der Waals surface area (Å²) in [5.41, 5.74) is 0.111. The normalized spacial score (nSPS) is 11.2. The molecular weight excluding hydrogens is 438 g/mol. The third kappa shape index (κ3) is 4.83. The number of anilines is 1. The van der Waals surface area contributed by atoms with Crippen molar-refractivity contribution in [1.29, 1.82) is 0 Å². The van der Waals surface area contributed by atoms with Crippen molar-refractivity contribution in [2.24, 2.45) is 0 Å². The Morgan fingerprint density at radius 1 is 0.848 bits per heavy atom. The zero-order valence-corrected chi connectivity index (χ0v) is 18.9. The smallest absolute Gasteiger partial charge is 0.268 e. The number of rotatable bonds is 6. The molecule has 1 amide bonds. The SMILES string of the molecule is CC(C)(Oc1ccc(C(=O)c2ccc(Cl)cc2)cc1)C(=O)Nc1c(O)ccc2ccccc12. The lowest BCUT2D eigenvalue weighted by Crippen LogP contribution is -2.42. The summed E-state index contributed by atoms with van der Waals surface area (Å²) in [7, 11) is 0. The van der Waals surface area contributed by atoms with E-state index in [0.29, 0.717) is 27.6 Å². The predicted octanol–water partition coefficient (Wildman–Crippen LogP) is 6.23. The number of hydrogen-bond acceptors (Lipinski definition) is 4. The minimum Gasteiger partial charge on any atom is -0.506 e. The molecule has 6 heteroatoms. The average molecular weight is 460 g/mol. The number of benzene rings is 4. The zero-order valence-electron chi connectivity index (χ0n) is 18.1. The number of nitrogens with one attached hydrogen (secondary N) is 1. The Labute approximate surface area is 196 Å². The van der Waals surface area contributed by atoms with Gasteiger partial charge in [0.25, 0.3) is 5.91 Å². The Hall–Kier alpha value is -3.83. The quantitative estimate of drug-likeness (QED) is 0.265. The maximum atomic E-state index is 13.0. The number of carbonyl (C=O) groups excluding carboxylic acids is 2. The molecule has 0 bridgehead atoms. The van der Waals surface area contributed by atoms with Gasteiger partial charge < -0.3 is 15.2 Å². The summed E-state index contributed by atoms with van der Waals surface area (Å²) in [6.07, 6.45) is 0. The first-order valence-electron chi connectivity index (χ1n) is 10.4. The lowest BCUT2D eigenvalue weighted by atomic mass is 10.0. The van der Waals surface area contributed by atoms with Crippen LogP contribution in [0.2, 0.25) is 5.02 Å². The Morgan fingerprint density at radius 2 is 1.45 bits per heavy atom. The summed E-state index contributed by atoms with van der Waals surface area (Å²) < 4.78 is 5.92. The maximum absolute atomic E-state index is 13.0. The molecule has 0 fully saturated rings. The molecule has 2 N–H and O–H groups in total. The number of aromatic hydroxyl groups is 1. The van der Waals surface area contributed by atoms with Gasteiger partial charge in [-0.25, -0.2) is 0 Å². The highest BCUT2D eigenvalue weighted by Crippen LogP contribution is 2.33. The van der Waals surface area contributed by atoms with Crippen LogP contribution in [0.25, 0.3) is 10.8 Å². The maximum Gasteiger partial charge on any atom is 0.268 e. The van der Waals surface area contributed by atoms with Crippen LogP contribution in [0.3, 0.4) is 0 Å². The summed E-state index contributed by atoms with van der Waals surface area (Å²) in [4.78, 5) is 25.6. The molecule has 4 aromatic rings. The van der Waals surface area contributed by atoms with E-state index in [4.69, 9.17) is 16.3 Å². The minimum atomic E-state index is -1.24. The van der Waals surface area contributed by atoms with Crippen LogP contribution < -0.4 is 10.1 Å². The van der Waals surface area contributed by atoms with E-state index in [1.165, 1.54) is 0 Å². The lowest BCUT2D eigenvalue weighted by Gasteiger charge is -2.26. The van der Waals surface area contributed by atoms with Crippen LogP contribution in [0, 0.1) is 0 Å². The van der Waals surface area contributed by atoms with Crippen molar-refractivity contribution in [3.8, 4) is 11.5 Å². The van der Waals surface area contributed by atoms with Gasteiger partial charge in [-0.3, -0.25) is 9.59 Å². The van der Waals surface area contributed by atoms with Crippen LogP contribution in [-0.4, -0.2) is 22.4 Å². The van der Waals surface area contributed by atoms with Gasteiger partial charge in [-0.15, -0.1) is 0 Å². The number of phenolic OH excluding ortho intramolecular Hbond substituents is 1. The second-order valence-corrected chi connectivity index (χ2v) is 8.54. The summed E-state index contributed by atoms with van der Waals surface area (Å²) in [6.45, 7) is 3.27. The predicted molar refractivity (Wildman–Crippen MR) is 130 cm³/mol. The van der Waals surface area contributed by atoms with E-state index in [-0.39, 0.29) is 11.5 Å². The number of carbonyl (C=O) groups is 2. The van der Waals surface area contributed by atoms with Gasteiger partial charge in [0.15, 0.2) is 11.4 Å². The summed E-state index contributed by atoms with van der Waals surface area (Å²) in [6, 6.07) is 24.1. The van der Waals surface area contributed by atoms with Crippen LogP contribution in [0.15, 0.2) is 84.9 Å². The molecule has 0 unspecified atom stereocenters. The largest absolute Gasteiger partial charge is 0.506 e. The molecule has 0 aliphatic heterocycles. The van der Waals surface area contributed by atoms with Crippen LogP contribution in [-0.2, 0) is 4.79 Å². The molecule has 4 aromatic carbocycles. The van der Waals surface area contributed by atoms with Gasteiger partial charge in [-0.1, -0.05) is 41.9 Å². The van der Waals surface area contributed by atoms with Crippen molar-refractivity contribution in [2.75, 3.05) is 5.32 Å². The molecule has 0 aromatic heterocycles. The van der Waals surface area contributed by atoms with Crippen LogP contribution in [0.4, 0.5) is 5.69 Å². The van der Waals surface area contributed by atoms with Crippen molar-refractivity contribution in [1.82, 2.24) is 0 Å². The van der Waals surface area contributed by atoms with Crippen molar-refractivity contribution in [3.63, 3.8) is 0 Å². The van der Waals surface area contributed by atoms with Gasteiger partial charge >= 0.3 is 0 Å². The highest BCUT2D eigenvalue weighted by Gasteiger charge is 2.31. The summed E-state index contributed by atoms with van der Waals surface area (Å²) >= 11 is 5.88. The van der Waals surface area contributed by atoms with Gasteiger partial charge in [-0.2, -0.15) is 0 Å². The fourth-order valence-electron chi connectivity index (χ4n) is 3.44. The Bertz CT molecular complexity index is 1330. The van der Waals surface area contributed by atoms with Crippen molar-refractivity contribution in [2.45, 2.75) is 19.4 Å². The first kappa shape index (κ1) is 22.4. The molecule has 5 nitrogen and oxygen atoms in total. The van der Waals surface area contributed by atoms with E-state index in [1.54, 1.807) is 74.5 Å². The fourth-order valence-corrected chi connectivity index (χ4v) is 3.56. The van der Waals surface area contributed by atoms with Crippen LogP contribution in [0.1, 0.15) is 29.8 Å². The molecule has 0 saturated carbocycles. The molecular formula is C27H22ClNO4. The van der Waals surface area contributed by atoms with Gasteiger partial charge in [0.1, 0.15) is 11.5 Å². The van der Waals surface area contributed by atoms with Crippen LogP contribution in [0.5, 0.6) is 11.5 Å². The Morgan fingerprint density at radius 3 is 2.12 bits per heavy atom. The lowest BCUT2D eigenvalue weighted by molar-refractivity contribution is -0.128. The molecule has 0 aliphatic rings. The molecule has 0 heterocycles. The molecule has 0 radical (unpaired) electrons. The Balaban J connectivity index is 1.49. The van der Waals surface area contributed by atoms with Gasteiger partial charge in [0.05, 0.1) is 5.69 Å². The number of phenols is 1. The molecule has 33 heavy (non-hydrogen) atoms. The molecule has 166 valence electrons. The minimum absolute atomic E-state index is 0.0251. The van der Waals surface area contributed by atoms with E-state index in [0.717, 1.165) is 10.8 Å². The van der Waals surface area contributed by atoms with Gasteiger partial charge in [-0.05, 0) is 73.8 Å². The average Bonchev–Trinajstić information content (AvgIpc) is 2.81. The van der Waals surface area contributed by atoms with Crippen molar-refractivity contribution < 1.29 is 19.4 Å². The third-order valence-corrected chi connectivity index (χ3v) is 5.54. The highest BCUT2D eigenvalue weighted by molar-refractivity contribution is 6.30. The second kappa shape index (κ2) is 8.96. The highest BCUT2D eigenvalue weighted by atomic mass is 35.5. The zero-order chi connectivity index (χ0) is 23.6. The summed E-state index contributed by atoms with van der Waals surface area (Å²) in [5.74, 6) is -0.148. The monoisotopic (exact) mass is 459 g/mol. The number of ether oxygens (including phenoxy) is 1. The molecule has 0 saturated heterocycles. The van der Waals surface area contributed by atoms with Crippen molar-refractivity contribution in [3.05, 3.63) is 101 Å². The number of fused-ring (bicyclic) bond motifs is 1. The number of hydrogen-bond donors (Lipinski definition) is 2. The molecule has 4 rings (SSSR count). The van der Waals surface area contributed by atoms with E-state index in [2.05, 4.69) is 5.32 Å². The first-order chi connectivity index (χ1) is 15.7. The molecule has 0 spiro atoms. The van der Waals surface area contributed by atoms with Crippen LogP contribution >= 0.6 is 11.6 Å². The topological polar surface area (TPSA) is 75.6 Å². The number of amides is 1. The molecule has 0 aliphatic carbocycles. The van der Waals surface area contributed by atoms with Gasteiger partial charge in [0, 0.05) is 21.5 Å².